The van der Waals surface area contributed by atoms with Gasteiger partial charge in [-0.05, 0) is 12.2 Å². The molecule has 0 radical (unpaired) electrons. The zero-order valence-corrected chi connectivity index (χ0v) is 9.24. The maximum Gasteiger partial charge on any atom is 0.147 e. The first-order valence-electron chi connectivity index (χ1n) is 4.37. The highest BCUT2D eigenvalue weighted by atomic mass is 35.5. The second-order valence-corrected chi connectivity index (χ2v) is 4.23. The van der Waals surface area contributed by atoms with Crippen molar-refractivity contribution in [2.75, 3.05) is 5.75 Å². The van der Waals surface area contributed by atoms with E-state index in [1.807, 2.05) is 11.8 Å². The molecule has 1 rings (SSSR count). The van der Waals surface area contributed by atoms with Crippen LogP contribution in [0.5, 0.6) is 0 Å². The normalized spacial score (nSPS) is 10.3. The smallest absolute Gasteiger partial charge is 0.147 e. The van der Waals surface area contributed by atoms with Gasteiger partial charge in [-0.25, -0.2) is 4.98 Å². The van der Waals surface area contributed by atoms with Crippen molar-refractivity contribution in [3.8, 4) is 0 Å². The standard InChI is InChI=1S/C9H13ClN2S/c1-2-3-4-13-7-8-5-12-9(10)6-11-8/h5-6H,2-4,7H2,1H3. The number of nitrogens with zero attached hydrogens (tertiary/aromatic N) is 2. The van der Waals surface area contributed by atoms with E-state index in [0.29, 0.717) is 5.15 Å². The molecule has 0 spiro atoms. The van der Waals surface area contributed by atoms with Crippen LogP contribution in [0.25, 0.3) is 0 Å². The van der Waals surface area contributed by atoms with Crippen LogP contribution in [0, 0.1) is 0 Å². The molecule has 0 aliphatic rings. The zero-order chi connectivity index (χ0) is 9.52. The van der Waals surface area contributed by atoms with Gasteiger partial charge >= 0.3 is 0 Å². The Kier molecular flexibility index (Phi) is 5.16. The van der Waals surface area contributed by atoms with Crippen LogP contribution in [-0.2, 0) is 5.75 Å². The Balaban J connectivity index is 2.25. The van der Waals surface area contributed by atoms with Crippen molar-refractivity contribution in [3.63, 3.8) is 0 Å². The fraction of sp³-hybridized carbons (Fsp3) is 0.556. The maximum absolute atomic E-state index is 5.62. The molecular formula is C9H13ClN2S. The van der Waals surface area contributed by atoms with E-state index in [4.69, 9.17) is 11.6 Å². The Morgan fingerprint density at radius 3 is 2.85 bits per heavy atom. The summed E-state index contributed by atoms with van der Waals surface area (Å²) in [6, 6.07) is 0. The summed E-state index contributed by atoms with van der Waals surface area (Å²) in [5.41, 5.74) is 1.01. The van der Waals surface area contributed by atoms with Gasteiger partial charge in [-0.1, -0.05) is 24.9 Å². The Labute approximate surface area is 88.1 Å². The van der Waals surface area contributed by atoms with Gasteiger partial charge in [-0.2, -0.15) is 11.8 Å². The van der Waals surface area contributed by atoms with E-state index in [2.05, 4.69) is 16.9 Å². The van der Waals surface area contributed by atoms with E-state index in [1.54, 1.807) is 12.4 Å². The number of thioether (sulfide) groups is 1. The largest absolute Gasteiger partial charge is 0.256 e. The van der Waals surface area contributed by atoms with Crippen LogP contribution in [0.1, 0.15) is 25.5 Å². The van der Waals surface area contributed by atoms with Gasteiger partial charge in [0.1, 0.15) is 5.15 Å². The highest BCUT2D eigenvalue weighted by molar-refractivity contribution is 7.98. The Morgan fingerprint density at radius 1 is 1.38 bits per heavy atom. The van der Waals surface area contributed by atoms with Gasteiger partial charge in [-0.15, -0.1) is 0 Å². The average Bonchev–Trinajstić information content (AvgIpc) is 2.15. The van der Waals surface area contributed by atoms with Crippen LogP contribution in [-0.4, -0.2) is 15.7 Å². The third-order valence-corrected chi connectivity index (χ3v) is 2.84. The lowest BCUT2D eigenvalue weighted by atomic mass is 10.4. The molecule has 1 aromatic rings. The minimum atomic E-state index is 0.460. The minimum Gasteiger partial charge on any atom is -0.256 e. The number of halogens is 1. The fourth-order valence-corrected chi connectivity index (χ4v) is 1.93. The quantitative estimate of drug-likeness (QED) is 0.708. The summed E-state index contributed by atoms with van der Waals surface area (Å²) < 4.78 is 0. The van der Waals surface area contributed by atoms with Gasteiger partial charge in [-0.3, -0.25) is 4.98 Å². The number of hydrogen-bond donors (Lipinski definition) is 0. The molecule has 0 aromatic carbocycles. The molecule has 2 nitrogen and oxygen atoms in total. The second-order valence-electron chi connectivity index (χ2n) is 2.74. The Morgan fingerprint density at radius 2 is 2.23 bits per heavy atom. The summed E-state index contributed by atoms with van der Waals surface area (Å²) in [7, 11) is 0. The molecule has 0 aliphatic heterocycles. The van der Waals surface area contributed by atoms with Crippen molar-refractivity contribution in [3.05, 3.63) is 23.2 Å². The monoisotopic (exact) mass is 216 g/mol. The Bertz CT molecular complexity index is 238. The van der Waals surface area contributed by atoms with Crippen LogP contribution >= 0.6 is 23.4 Å². The molecule has 0 fully saturated rings. The SMILES string of the molecule is CCCCSCc1cnc(Cl)cn1. The summed E-state index contributed by atoms with van der Waals surface area (Å²) in [5.74, 6) is 2.13. The molecular weight excluding hydrogens is 204 g/mol. The minimum absolute atomic E-state index is 0.460. The molecule has 72 valence electrons. The molecule has 0 unspecified atom stereocenters. The first kappa shape index (κ1) is 10.8. The zero-order valence-electron chi connectivity index (χ0n) is 7.66. The number of hydrogen-bond acceptors (Lipinski definition) is 3. The summed E-state index contributed by atoms with van der Waals surface area (Å²) in [5, 5.41) is 0.460. The van der Waals surface area contributed by atoms with Crippen molar-refractivity contribution in [1.82, 2.24) is 9.97 Å². The fourth-order valence-electron chi connectivity index (χ4n) is 0.837. The summed E-state index contributed by atoms with van der Waals surface area (Å²) in [6.45, 7) is 2.20. The molecule has 0 amide bonds. The van der Waals surface area contributed by atoms with Crippen molar-refractivity contribution < 1.29 is 0 Å². The van der Waals surface area contributed by atoms with Crippen LogP contribution < -0.4 is 0 Å². The molecule has 13 heavy (non-hydrogen) atoms. The molecule has 0 aliphatic carbocycles. The number of aromatic nitrogens is 2. The molecule has 0 bridgehead atoms. The van der Waals surface area contributed by atoms with Crippen molar-refractivity contribution >= 4 is 23.4 Å². The predicted octanol–water partition coefficient (Wildman–Crippen LogP) is 3.16. The van der Waals surface area contributed by atoms with E-state index in [9.17, 15) is 0 Å². The van der Waals surface area contributed by atoms with Crippen molar-refractivity contribution in [1.29, 1.82) is 0 Å². The molecule has 1 aromatic heterocycles. The molecule has 0 N–H and O–H groups in total. The van der Waals surface area contributed by atoms with E-state index < -0.39 is 0 Å². The van der Waals surface area contributed by atoms with Gasteiger partial charge in [0, 0.05) is 5.75 Å². The van der Waals surface area contributed by atoms with Gasteiger partial charge in [0.05, 0.1) is 18.1 Å². The summed E-state index contributed by atoms with van der Waals surface area (Å²) in [4.78, 5) is 8.13. The summed E-state index contributed by atoms with van der Waals surface area (Å²) >= 11 is 7.51. The van der Waals surface area contributed by atoms with E-state index in [1.165, 1.54) is 18.6 Å². The highest BCUT2D eigenvalue weighted by Gasteiger charge is 1.95. The van der Waals surface area contributed by atoms with Crippen LogP contribution in [0.2, 0.25) is 5.15 Å². The van der Waals surface area contributed by atoms with Crippen molar-refractivity contribution in [2.24, 2.45) is 0 Å². The lowest BCUT2D eigenvalue weighted by molar-refractivity contribution is 0.895. The third kappa shape index (κ3) is 4.48. The number of unbranched alkanes of at least 4 members (excludes halogenated alkanes) is 1. The molecule has 0 atom stereocenters. The van der Waals surface area contributed by atoms with Gasteiger partial charge < -0.3 is 0 Å². The lowest BCUT2D eigenvalue weighted by Gasteiger charge is -1.99. The van der Waals surface area contributed by atoms with E-state index in [-0.39, 0.29) is 0 Å². The molecule has 1 heterocycles. The maximum atomic E-state index is 5.62. The highest BCUT2D eigenvalue weighted by Crippen LogP contribution is 2.12. The molecule has 0 saturated carbocycles. The van der Waals surface area contributed by atoms with E-state index in [0.717, 1.165) is 11.4 Å². The first-order valence-corrected chi connectivity index (χ1v) is 5.90. The van der Waals surface area contributed by atoms with Crippen LogP contribution in [0.4, 0.5) is 0 Å². The lowest BCUT2D eigenvalue weighted by Crippen LogP contribution is -1.89. The van der Waals surface area contributed by atoms with Gasteiger partial charge in [0.15, 0.2) is 0 Å². The second kappa shape index (κ2) is 6.22. The topological polar surface area (TPSA) is 25.8 Å². The van der Waals surface area contributed by atoms with Crippen LogP contribution in [0.15, 0.2) is 12.4 Å². The van der Waals surface area contributed by atoms with Gasteiger partial charge in [0.2, 0.25) is 0 Å². The summed E-state index contributed by atoms with van der Waals surface area (Å²) in [6.07, 6.45) is 5.85. The van der Waals surface area contributed by atoms with Crippen LogP contribution in [0.3, 0.4) is 0 Å². The van der Waals surface area contributed by atoms with Gasteiger partial charge in [0.25, 0.3) is 0 Å². The number of rotatable bonds is 5. The molecule has 4 heteroatoms. The average molecular weight is 217 g/mol. The third-order valence-electron chi connectivity index (χ3n) is 1.57. The molecule has 0 saturated heterocycles. The van der Waals surface area contributed by atoms with E-state index >= 15 is 0 Å². The predicted molar refractivity (Wildman–Crippen MR) is 58.1 cm³/mol. The van der Waals surface area contributed by atoms with Crippen molar-refractivity contribution in [2.45, 2.75) is 25.5 Å². The first-order chi connectivity index (χ1) is 6.33. The Hall–Kier alpha value is -0.280.